The summed E-state index contributed by atoms with van der Waals surface area (Å²) in [7, 11) is 1.68. The van der Waals surface area contributed by atoms with Gasteiger partial charge in [-0.1, -0.05) is 0 Å². The van der Waals surface area contributed by atoms with Crippen LogP contribution in [0.5, 0.6) is 5.75 Å². The largest absolute Gasteiger partial charge is 0.495 e. The maximum absolute atomic E-state index is 5.62. The number of aromatic nitrogens is 1. The van der Waals surface area contributed by atoms with Gasteiger partial charge >= 0.3 is 0 Å². The Hall–Kier alpha value is -0.850. The number of benzene rings is 1. The number of nitrogens with zero attached hydrogens (tertiary/aromatic N) is 1. The smallest absolute Gasteiger partial charge is 0.144 e. The molecule has 0 atom stereocenters. The van der Waals surface area contributed by atoms with Crippen molar-refractivity contribution >= 4 is 48.5 Å². The number of halogens is 2. The van der Waals surface area contributed by atoms with E-state index in [4.69, 9.17) is 14.5 Å². The molecule has 2 aromatic rings. The normalized spacial score (nSPS) is 14.1. The molecule has 112 valence electrons. The van der Waals surface area contributed by atoms with Crippen molar-refractivity contribution in [1.82, 2.24) is 4.98 Å². The third-order valence-corrected chi connectivity index (χ3v) is 4.79. The predicted octanol–water partition coefficient (Wildman–Crippen LogP) is 4.27. The number of hydrogen-bond donors (Lipinski definition) is 1. The van der Waals surface area contributed by atoms with Crippen LogP contribution in [-0.2, 0) is 17.8 Å². The maximum Gasteiger partial charge on any atom is 0.144 e. The van der Waals surface area contributed by atoms with Crippen molar-refractivity contribution in [3.8, 4) is 5.75 Å². The maximum atomic E-state index is 5.62. The van der Waals surface area contributed by atoms with Gasteiger partial charge in [-0.05, 0) is 44.8 Å². The summed E-state index contributed by atoms with van der Waals surface area (Å²) in [4.78, 5) is 4.84. The molecular formula is C15H16Br2N2O2. The number of anilines is 1. The Bertz CT molecular complexity index is 704. The lowest BCUT2D eigenvalue weighted by Gasteiger charge is -2.23. The zero-order chi connectivity index (χ0) is 15.0. The van der Waals surface area contributed by atoms with Gasteiger partial charge in [0.15, 0.2) is 0 Å². The highest BCUT2D eigenvalue weighted by Gasteiger charge is 2.23. The first-order chi connectivity index (χ1) is 10.2. The minimum atomic E-state index is 0.591. The van der Waals surface area contributed by atoms with Crippen LogP contribution >= 0.6 is 31.9 Å². The molecule has 0 unspecified atom stereocenters. The van der Waals surface area contributed by atoms with Gasteiger partial charge in [-0.3, -0.25) is 4.98 Å². The Kier molecular flexibility index (Phi) is 4.38. The first-order valence-electron chi connectivity index (χ1n) is 6.86. The molecule has 0 fully saturated rings. The van der Waals surface area contributed by atoms with Gasteiger partial charge in [0.2, 0.25) is 0 Å². The molecule has 4 nitrogen and oxygen atoms in total. The van der Waals surface area contributed by atoms with Crippen LogP contribution in [0.15, 0.2) is 15.0 Å². The van der Waals surface area contributed by atoms with Crippen molar-refractivity contribution < 1.29 is 9.47 Å². The molecule has 1 aliphatic heterocycles. The van der Waals surface area contributed by atoms with Gasteiger partial charge in [0.25, 0.3) is 0 Å². The summed E-state index contributed by atoms with van der Waals surface area (Å²) < 4.78 is 13.1. The first kappa shape index (κ1) is 15.1. The van der Waals surface area contributed by atoms with Gasteiger partial charge in [-0.2, -0.15) is 0 Å². The molecule has 2 heterocycles. The Labute approximate surface area is 140 Å². The highest BCUT2D eigenvalue weighted by Crippen LogP contribution is 2.44. The Morgan fingerprint density at radius 2 is 2.19 bits per heavy atom. The van der Waals surface area contributed by atoms with Crippen molar-refractivity contribution in [2.45, 2.75) is 20.0 Å². The molecule has 0 spiro atoms. The summed E-state index contributed by atoms with van der Waals surface area (Å²) in [6.07, 6.45) is 0.842. The van der Waals surface area contributed by atoms with Crippen LogP contribution in [0.25, 0.3) is 10.9 Å². The number of ether oxygens (including phenoxy) is 2. The van der Waals surface area contributed by atoms with Gasteiger partial charge in [0.05, 0.1) is 47.1 Å². The standard InChI is InChI=1S/C15H16Br2N2O2/c1-3-18-13-8-7-21-5-4-11(8)19-14-9(16)6-10(17)15(20-2)12(13)14/h6H,3-5,7H2,1-2H3,(H,18,19). The molecule has 1 aromatic heterocycles. The van der Waals surface area contributed by atoms with E-state index in [-0.39, 0.29) is 0 Å². The van der Waals surface area contributed by atoms with Crippen LogP contribution in [0.3, 0.4) is 0 Å². The van der Waals surface area contributed by atoms with E-state index in [0.29, 0.717) is 6.61 Å². The Morgan fingerprint density at radius 3 is 2.90 bits per heavy atom. The van der Waals surface area contributed by atoms with Crippen molar-refractivity contribution in [2.75, 3.05) is 25.6 Å². The van der Waals surface area contributed by atoms with Crippen LogP contribution in [0.4, 0.5) is 5.69 Å². The lowest BCUT2D eigenvalue weighted by Crippen LogP contribution is -2.16. The number of fused-ring (bicyclic) bond motifs is 2. The fourth-order valence-corrected chi connectivity index (χ4v) is 4.12. The molecular weight excluding hydrogens is 400 g/mol. The predicted molar refractivity (Wildman–Crippen MR) is 91.2 cm³/mol. The highest BCUT2D eigenvalue weighted by atomic mass is 79.9. The molecule has 0 bridgehead atoms. The lowest BCUT2D eigenvalue weighted by molar-refractivity contribution is 0.110. The summed E-state index contributed by atoms with van der Waals surface area (Å²) in [6, 6.07) is 1.98. The molecule has 0 amide bonds. The monoisotopic (exact) mass is 414 g/mol. The number of pyridine rings is 1. The quantitative estimate of drug-likeness (QED) is 0.812. The highest BCUT2D eigenvalue weighted by molar-refractivity contribution is 9.11. The minimum absolute atomic E-state index is 0.591. The van der Waals surface area contributed by atoms with Crippen LogP contribution < -0.4 is 10.1 Å². The van der Waals surface area contributed by atoms with E-state index < -0.39 is 0 Å². The van der Waals surface area contributed by atoms with Gasteiger partial charge in [-0.15, -0.1) is 0 Å². The second kappa shape index (κ2) is 6.10. The van der Waals surface area contributed by atoms with E-state index in [9.17, 15) is 0 Å². The van der Waals surface area contributed by atoms with E-state index >= 15 is 0 Å². The van der Waals surface area contributed by atoms with E-state index in [1.807, 2.05) is 6.07 Å². The summed E-state index contributed by atoms with van der Waals surface area (Å²) in [5.74, 6) is 0.796. The summed E-state index contributed by atoms with van der Waals surface area (Å²) in [6.45, 7) is 4.23. The minimum Gasteiger partial charge on any atom is -0.495 e. The second-order valence-corrected chi connectivity index (χ2v) is 6.55. The lowest BCUT2D eigenvalue weighted by atomic mass is 10.0. The first-order valence-corrected chi connectivity index (χ1v) is 8.45. The molecule has 3 rings (SSSR count). The fourth-order valence-electron chi connectivity index (χ4n) is 2.71. The number of hydrogen-bond acceptors (Lipinski definition) is 4. The third kappa shape index (κ3) is 2.53. The van der Waals surface area contributed by atoms with E-state index in [1.165, 1.54) is 0 Å². The average molecular weight is 416 g/mol. The summed E-state index contributed by atoms with van der Waals surface area (Å²) in [5.41, 5.74) is 4.23. The van der Waals surface area contributed by atoms with Crippen molar-refractivity contribution in [3.05, 3.63) is 26.3 Å². The van der Waals surface area contributed by atoms with Crippen LogP contribution in [0, 0.1) is 0 Å². The van der Waals surface area contributed by atoms with E-state index in [1.54, 1.807) is 7.11 Å². The fraction of sp³-hybridized carbons (Fsp3) is 0.400. The number of methoxy groups -OCH3 is 1. The van der Waals surface area contributed by atoms with Gasteiger partial charge < -0.3 is 14.8 Å². The second-order valence-electron chi connectivity index (χ2n) is 4.84. The molecule has 1 N–H and O–H groups in total. The molecule has 0 saturated heterocycles. The average Bonchev–Trinajstić information content (AvgIpc) is 2.48. The molecule has 0 radical (unpaired) electrons. The molecule has 1 aliphatic rings. The van der Waals surface area contributed by atoms with Crippen molar-refractivity contribution in [2.24, 2.45) is 0 Å². The third-order valence-electron chi connectivity index (χ3n) is 3.59. The Morgan fingerprint density at radius 1 is 1.38 bits per heavy atom. The van der Waals surface area contributed by atoms with E-state index in [2.05, 4.69) is 44.1 Å². The topological polar surface area (TPSA) is 43.4 Å². The van der Waals surface area contributed by atoms with Gasteiger partial charge in [0.1, 0.15) is 5.75 Å². The number of rotatable bonds is 3. The number of nitrogens with one attached hydrogen (secondary N) is 1. The summed E-state index contributed by atoms with van der Waals surface area (Å²) >= 11 is 7.19. The SMILES string of the molecule is CCNc1c2c(nc3c(Br)cc(Br)c(OC)c13)CCOC2. The molecule has 0 saturated carbocycles. The molecule has 0 aliphatic carbocycles. The van der Waals surface area contributed by atoms with Crippen LogP contribution in [-0.4, -0.2) is 25.2 Å². The summed E-state index contributed by atoms with van der Waals surface area (Å²) in [5, 5.41) is 4.46. The molecule has 1 aromatic carbocycles. The van der Waals surface area contributed by atoms with Crippen LogP contribution in [0.1, 0.15) is 18.2 Å². The van der Waals surface area contributed by atoms with Crippen molar-refractivity contribution in [1.29, 1.82) is 0 Å². The Balaban J connectivity index is 2.43. The molecule has 21 heavy (non-hydrogen) atoms. The zero-order valence-corrected chi connectivity index (χ0v) is 15.1. The van der Waals surface area contributed by atoms with E-state index in [0.717, 1.165) is 62.1 Å². The van der Waals surface area contributed by atoms with Gasteiger partial charge in [-0.25, -0.2) is 0 Å². The van der Waals surface area contributed by atoms with Gasteiger partial charge in [0, 0.05) is 23.0 Å². The molecule has 6 heteroatoms. The van der Waals surface area contributed by atoms with Crippen LogP contribution in [0.2, 0.25) is 0 Å². The zero-order valence-electron chi connectivity index (χ0n) is 11.9. The van der Waals surface area contributed by atoms with Crippen molar-refractivity contribution in [3.63, 3.8) is 0 Å².